The summed E-state index contributed by atoms with van der Waals surface area (Å²) in [6.45, 7) is 3.15. The van der Waals surface area contributed by atoms with Crippen LogP contribution in [0, 0.1) is 0 Å². The average Bonchev–Trinajstić information content (AvgIpc) is 3.28. The summed E-state index contributed by atoms with van der Waals surface area (Å²) >= 11 is 0. The van der Waals surface area contributed by atoms with Gasteiger partial charge in [0.05, 0.1) is 19.3 Å². The van der Waals surface area contributed by atoms with E-state index in [1.807, 2.05) is 14.1 Å². The highest BCUT2D eigenvalue weighted by Crippen LogP contribution is 2.45. The van der Waals surface area contributed by atoms with Gasteiger partial charge in [-0.25, -0.2) is 24.5 Å². The van der Waals surface area contributed by atoms with Crippen molar-refractivity contribution in [3.63, 3.8) is 0 Å². The molecule has 4 rings (SSSR count). The number of rotatable bonds is 6. The lowest BCUT2D eigenvalue weighted by Gasteiger charge is -2.24. The van der Waals surface area contributed by atoms with E-state index in [1.54, 1.807) is 29.7 Å². The third-order valence-corrected chi connectivity index (χ3v) is 5.04. The molecule has 2 fully saturated rings. The first-order chi connectivity index (χ1) is 14.0. The summed E-state index contributed by atoms with van der Waals surface area (Å²) in [6.07, 6.45) is 1.89. The number of ether oxygens (including phenoxy) is 3. The highest BCUT2D eigenvalue weighted by Gasteiger charge is 2.56. The Hall–Kier alpha value is -1.99. The standard InChI is InChI=1S/C16H23N6O7P/c1-16(2)28-11-9(5-26-30(23,24)25)27-15(12(11)29-16)22-8-19-10-13(20-7-21(3)4)17-6-18-14(10)22/h6-9,11-12,15H,5H2,1-4H3,(H2,23,24,25)/b20-7-/t9-,11+,12+,15-/m1/s1. The van der Waals surface area contributed by atoms with Gasteiger partial charge in [-0.2, -0.15) is 0 Å². The molecular weight excluding hydrogens is 419 g/mol. The topological polar surface area (TPSA) is 154 Å². The van der Waals surface area contributed by atoms with Crippen molar-refractivity contribution in [2.45, 2.75) is 44.2 Å². The van der Waals surface area contributed by atoms with Crippen LogP contribution in [0.3, 0.4) is 0 Å². The number of aliphatic imine (C=N–C) groups is 1. The number of fused-ring (bicyclic) bond motifs is 2. The Morgan fingerprint density at radius 3 is 2.73 bits per heavy atom. The van der Waals surface area contributed by atoms with E-state index >= 15 is 0 Å². The zero-order valence-corrected chi connectivity index (χ0v) is 17.7. The Morgan fingerprint density at radius 2 is 2.03 bits per heavy atom. The molecule has 2 saturated heterocycles. The van der Waals surface area contributed by atoms with Crippen LogP contribution in [0.25, 0.3) is 11.2 Å². The van der Waals surface area contributed by atoms with Gasteiger partial charge in [0.2, 0.25) is 0 Å². The molecule has 0 radical (unpaired) electrons. The fraction of sp³-hybridized carbons (Fsp3) is 0.625. The van der Waals surface area contributed by atoms with Gasteiger partial charge in [0.25, 0.3) is 0 Å². The van der Waals surface area contributed by atoms with Gasteiger partial charge < -0.3 is 28.9 Å². The summed E-state index contributed by atoms with van der Waals surface area (Å²) in [5, 5.41) is 0. The van der Waals surface area contributed by atoms with Gasteiger partial charge in [-0.15, -0.1) is 0 Å². The third kappa shape index (κ3) is 4.23. The number of phosphoric acid groups is 1. The first-order valence-corrected chi connectivity index (χ1v) is 10.7. The minimum Gasteiger partial charge on any atom is -0.369 e. The van der Waals surface area contributed by atoms with E-state index in [-0.39, 0.29) is 6.61 Å². The van der Waals surface area contributed by atoms with Crippen LogP contribution >= 0.6 is 7.82 Å². The first kappa shape index (κ1) is 21.2. The zero-order chi connectivity index (χ0) is 21.7. The molecule has 164 valence electrons. The van der Waals surface area contributed by atoms with Crippen LogP contribution < -0.4 is 0 Å². The summed E-state index contributed by atoms with van der Waals surface area (Å²) in [7, 11) is -0.986. The van der Waals surface area contributed by atoms with Crippen LogP contribution in [0.2, 0.25) is 0 Å². The van der Waals surface area contributed by atoms with Crippen LogP contribution in [-0.4, -0.2) is 85.3 Å². The van der Waals surface area contributed by atoms with Crippen molar-refractivity contribution < 1.29 is 33.1 Å². The second kappa shape index (κ2) is 7.61. The second-order valence-electron chi connectivity index (χ2n) is 7.65. The molecular formula is C16H23N6O7P. The van der Waals surface area contributed by atoms with E-state index in [4.69, 9.17) is 24.0 Å². The number of imidazole rings is 1. The Morgan fingerprint density at radius 1 is 1.30 bits per heavy atom. The van der Waals surface area contributed by atoms with Crippen molar-refractivity contribution >= 4 is 31.1 Å². The molecule has 0 bridgehead atoms. The van der Waals surface area contributed by atoms with Crippen molar-refractivity contribution in [2.24, 2.45) is 4.99 Å². The Balaban J connectivity index is 1.67. The smallest absolute Gasteiger partial charge is 0.369 e. The molecule has 0 saturated carbocycles. The number of hydrogen-bond acceptors (Lipinski definition) is 9. The summed E-state index contributed by atoms with van der Waals surface area (Å²) in [4.78, 5) is 37.0. The van der Waals surface area contributed by atoms with Gasteiger partial charge in [0.1, 0.15) is 24.6 Å². The maximum absolute atomic E-state index is 11.1. The molecule has 2 aliphatic rings. The molecule has 4 atom stereocenters. The Labute approximate surface area is 171 Å². The lowest BCUT2D eigenvalue weighted by molar-refractivity contribution is -0.199. The third-order valence-electron chi connectivity index (χ3n) is 4.56. The highest BCUT2D eigenvalue weighted by atomic mass is 31.2. The predicted molar refractivity (Wildman–Crippen MR) is 103 cm³/mol. The Kier molecular flexibility index (Phi) is 5.39. The number of nitrogens with zero attached hydrogens (tertiary/aromatic N) is 6. The van der Waals surface area contributed by atoms with E-state index in [1.165, 1.54) is 12.7 Å². The number of aromatic nitrogens is 4. The second-order valence-corrected chi connectivity index (χ2v) is 8.89. The van der Waals surface area contributed by atoms with Crippen LogP contribution in [0.15, 0.2) is 17.6 Å². The number of phosphoric ester groups is 1. The fourth-order valence-electron chi connectivity index (χ4n) is 3.48. The highest BCUT2D eigenvalue weighted by molar-refractivity contribution is 7.46. The van der Waals surface area contributed by atoms with Gasteiger partial charge >= 0.3 is 7.82 Å². The van der Waals surface area contributed by atoms with Crippen molar-refractivity contribution in [3.05, 3.63) is 12.7 Å². The van der Waals surface area contributed by atoms with Gasteiger partial charge in [0.15, 0.2) is 29.0 Å². The minimum atomic E-state index is -4.66. The van der Waals surface area contributed by atoms with Crippen LogP contribution in [0.1, 0.15) is 20.1 Å². The predicted octanol–water partition coefficient (Wildman–Crippen LogP) is 0.574. The molecule has 13 nitrogen and oxygen atoms in total. The molecule has 2 aromatic heterocycles. The molecule has 2 aliphatic heterocycles. The molecule has 0 unspecified atom stereocenters. The van der Waals surface area contributed by atoms with Crippen LogP contribution in [-0.2, 0) is 23.3 Å². The molecule has 2 aromatic rings. The van der Waals surface area contributed by atoms with Crippen molar-refractivity contribution in [1.82, 2.24) is 24.4 Å². The molecule has 0 spiro atoms. The maximum atomic E-state index is 11.1. The average molecular weight is 442 g/mol. The normalized spacial score (nSPS) is 28.5. The monoisotopic (exact) mass is 442 g/mol. The summed E-state index contributed by atoms with van der Waals surface area (Å²) in [6, 6.07) is 0. The van der Waals surface area contributed by atoms with E-state index in [0.29, 0.717) is 17.0 Å². The quantitative estimate of drug-likeness (QED) is 0.367. The van der Waals surface area contributed by atoms with E-state index in [2.05, 4.69) is 24.5 Å². The lowest BCUT2D eigenvalue weighted by Crippen LogP contribution is -2.32. The lowest BCUT2D eigenvalue weighted by atomic mass is 10.1. The van der Waals surface area contributed by atoms with Crippen LogP contribution in [0.5, 0.6) is 0 Å². The summed E-state index contributed by atoms with van der Waals surface area (Å²) < 4.78 is 35.4. The van der Waals surface area contributed by atoms with Crippen molar-refractivity contribution in [3.8, 4) is 0 Å². The SMILES string of the molecule is CN(C)/C=N\c1ncnc2c1ncn2[C@@H]1O[C@H](COP(=O)(O)O)[C@@H]2OC(C)(C)O[C@@H]21. The van der Waals surface area contributed by atoms with Crippen molar-refractivity contribution in [1.29, 1.82) is 0 Å². The molecule has 30 heavy (non-hydrogen) atoms. The van der Waals surface area contributed by atoms with E-state index < -0.39 is 38.1 Å². The van der Waals surface area contributed by atoms with Gasteiger partial charge in [-0.1, -0.05) is 0 Å². The first-order valence-electron chi connectivity index (χ1n) is 9.13. The van der Waals surface area contributed by atoms with Crippen molar-refractivity contribution in [2.75, 3.05) is 20.7 Å². The summed E-state index contributed by atoms with van der Waals surface area (Å²) in [5.74, 6) is -0.503. The largest absolute Gasteiger partial charge is 0.469 e. The fourth-order valence-corrected chi connectivity index (χ4v) is 3.82. The van der Waals surface area contributed by atoms with Gasteiger partial charge in [-0.3, -0.25) is 9.09 Å². The molecule has 2 N–H and O–H groups in total. The van der Waals surface area contributed by atoms with Gasteiger partial charge in [-0.05, 0) is 13.8 Å². The van der Waals surface area contributed by atoms with E-state index in [9.17, 15) is 4.57 Å². The van der Waals surface area contributed by atoms with E-state index in [0.717, 1.165) is 0 Å². The van der Waals surface area contributed by atoms with Gasteiger partial charge in [0, 0.05) is 14.1 Å². The number of hydrogen-bond donors (Lipinski definition) is 2. The molecule has 0 aliphatic carbocycles. The molecule has 0 amide bonds. The molecule has 14 heteroatoms. The zero-order valence-electron chi connectivity index (χ0n) is 16.8. The molecule has 4 heterocycles. The minimum absolute atomic E-state index is 0.360. The maximum Gasteiger partial charge on any atom is 0.469 e. The molecule has 0 aromatic carbocycles. The Bertz CT molecular complexity index is 1010. The summed E-state index contributed by atoms with van der Waals surface area (Å²) in [5.41, 5.74) is 0.952. The van der Waals surface area contributed by atoms with Crippen LogP contribution in [0.4, 0.5) is 5.82 Å².